The Balaban J connectivity index is 2.35. The van der Waals surface area contributed by atoms with E-state index in [2.05, 4.69) is 25.9 Å². The average Bonchev–Trinajstić information content (AvgIpc) is 2.30. The van der Waals surface area contributed by atoms with Gasteiger partial charge in [0, 0.05) is 18.8 Å². The Morgan fingerprint density at radius 3 is 2.63 bits per heavy atom. The minimum Gasteiger partial charge on any atom is -0.236 e. The largest absolute Gasteiger partial charge is 0.248 e. The Hall–Kier alpha value is -0.290. The molecule has 0 aliphatic heterocycles. The summed E-state index contributed by atoms with van der Waals surface area (Å²) in [5, 5.41) is 0.308. The van der Waals surface area contributed by atoms with Crippen molar-refractivity contribution in [1.29, 1.82) is 0 Å². The molecule has 1 aliphatic carbocycles. The first-order valence-electron chi connectivity index (χ1n) is 6.41. The first kappa shape index (κ1) is 15.1. The van der Waals surface area contributed by atoms with Crippen molar-refractivity contribution in [3.63, 3.8) is 0 Å². The Morgan fingerprint density at radius 2 is 2.05 bits per heavy atom. The number of alkyl halides is 2. The Labute approximate surface area is 125 Å². The summed E-state index contributed by atoms with van der Waals surface area (Å²) >= 11 is 9.42. The summed E-state index contributed by atoms with van der Waals surface area (Å²) in [6.45, 7) is 3.98. The average molecular weight is 354 g/mol. The zero-order valence-electron chi connectivity index (χ0n) is 10.9. The highest BCUT2D eigenvalue weighted by Crippen LogP contribution is 2.41. The number of halogens is 4. The van der Waals surface area contributed by atoms with E-state index >= 15 is 0 Å². The number of rotatable bonds is 2. The zero-order valence-corrected chi connectivity index (χ0v) is 13.2. The van der Waals surface area contributed by atoms with Crippen LogP contribution in [0.15, 0.2) is 4.47 Å². The molecule has 0 saturated heterocycles. The van der Waals surface area contributed by atoms with Gasteiger partial charge in [0.1, 0.15) is 11.0 Å². The third-order valence-corrected chi connectivity index (χ3v) is 4.69. The van der Waals surface area contributed by atoms with Crippen LogP contribution in [0.4, 0.5) is 8.78 Å². The van der Waals surface area contributed by atoms with Gasteiger partial charge < -0.3 is 0 Å². The van der Waals surface area contributed by atoms with Gasteiger partial charge in [-0.15, -0.1) is 0 Å². The quantitative estimate of drug-likeness (QED) is 0.673. The third-order valence-electron chi connectivity index (χ3n) is 3.41. The summed E-state index contributed by atoms with van der Waals surface area (Å²) in [5.74, 6) is -2.29. The molecule has 0 radical (unpaired) electrons. The highest BCUT2D eigenvalue weighted by molar-refractivity contribution is 9.10. The van der Waals surface area contributed by atoms with Crippen LogP contribution in [0.1, 0.15) is 62.9 Å². The maximum atomic E-state index is 13.5. The van der Waals surface area contributed by atoms with Gasteiger partial charge in [-0.3, -0.25) is 0 Å². The van der Waals surface area contributed by atoms with E-state index in [0.29, 0.717) is 28.3 Å². The van der Waals surface area contributed by atoms with E-state index in [4.69, 9.17) is 11.6 Å². The fraction of sp³-hybridized carbons (Fsp3) is 0.692. The SMILES string of the molecule is CC(C)c1nc(C2CCCC(F)(F)C2)nc(Cl)c1Br. The Morgan fingerprint density at radius 1 is 1.37 bits per heavy atom. The lowest BCUT2D eigenvalue weighted by molar-refractivity contribution is -0.0417. The minimum atomic E-state index is -2.61. The van der Waals surface area contributed by atoms with Gasteiger partial charge in [0.2, 0.25) is 5.92 Å². The topological polar surface area (TPSA) is 25.8 Å². The molecule has 1 aromatic heterocycles. The molecular formula is C13H16BrClF2N2. The second kappa shape index (κ2) is 5.60. The van der Waals surface area contributed by atoms with Gasteiger partial charge in [0.05, 0.1) is 10.2 Å². The fourth-order valence-electron chi connectivity index (χ4n) is 2.41. The molecule has 1 atom stereocenters. The van der Waals surface area contributed by atoms with Crippen molar-refractivity contribution >= 4 is 27.5 Å². The van der Waals surface area contributed by atoms with E-state index in [-0.39, 0.29) is 24.7 Å². The molecule has 1 aliphatic rings. The summed E-state index contributed by atoms with van der Waals surface area (Å²) < 4.78 is 27.6. The van der Waals surface area contributed by atoms with Crippen LogP contribution in [0.2, 0.25) is 5.15 Å². The summed E-state index contributed by atoms with van der Waals surface area (Å²) in [4.78, 5) is 8.63. The zero-order chi connectivity index (χ0) is 14.2. The maximum Gasteiger partial charge on any atom is 0.248 e. The summed E-state index contributed by atoms with van der Waals surface area (Å²) in [6, 6.07) is 0. The number of nitrogens with zero attached hydrogens (tertiary/aromatic N) is 2. The number of hydrogen-bond acceptors (Lipinski definition) is 2. The van der Waals surface area contributed by atoms with Crippen molar-refractivity contribution in [2.24, 2.45) is 0 Å². The summed E-state index contributed by atoms with van der Waals surface area (Å²) in [5.41, 5.74) is 0.781. The van der Waals surface area contributed by atoms with Crippen molar-refractivity contribution in [1.82, 2.24) is 9.97 Å². The molecule has 1 aromatic rings. The standard InChI is InChI=1S/C13H16BrClF2N2/c1-7(2)10-9(14)11(15)19-12(18-10)8-4-3-5-13(16,17)6-8/h7-8H,3-6H2,1-2H3. The minimum absolute atomic E-state index is 0.0369. The second-order valence-corrected chi connectivity index (χ2v) is 6.53. The lowest BCUT2D eigenvalue weighted by atomic mass is 9.86. The van der Waals surface area contributed by atoms with E-state index in [1.807, 2.05) is 13.8 Å². The highest BCUT2D eigenvalue weighted by atomic mass is 79.9. The van der Waals surface area contributed by atoms with Crippen LogP contribution in [0.3, 0.4) is 0 Å². The van der Waals surface area contributed by atoms with Gasteiger partial charge >= 0.3 is 0 Å². The molecule has 0 spiro atoms. The Bertz CT molecular complexity index is 480. The van der Waals surface area contributed by atoms with Crippen molar-refractivity contribution < 1.29 is 8.78 Å². The van der Waals surface area contributed by atoms with E-state index < -0.39 is 5.92 Å². The first-order chi connectivity index (χ1) is 8.80. The molecule has 0 bridgehead atoms. The van der Waals surface area contributed by atoms with Crippen LogP contribution in [-0.4, -0.2) is 15.9 Å². The second-order valence-electron chi connectivity index (χ2n) is 5.38. The summed E-state index contributed by atoms with van der Waals surface area (Å²) in [7, 11) is 0. The molecule has 0 aromatic carbocycles. The fourth-order valence-corrected chi connectivity index (χ4v) is 3.23. The molecule has 1 unspecified atom stereocenters. The van der Waals surface area contributed by atoms with Crippen LogP contribution in [0.25, 0.3) is 0 Å². The van der Waals surface area contributed by atoms with Gasteiger partial charge in [-0.2, -0.15) is 0 Å². The predicted molar refractivity (Wildman–Crippen MR) is 75.0 cm³/mol. The Kier molecular flexibility index (Phi) is 4.45. The van der Waals surface area contributed by atoms with Crippen molar-refractivity contribution in [3.05, 3.63) is 21.1 Å². The molecule has 106 valence electrons. The van der Waals surface area contributed by atoms with E-state index in [1.54, 1.807) is 0 Å². The first-order valence-corrected chi connectivity index (χ1v) is 7.58. The monoisotopic (exact) mass is 352 g/mol. The smallest absolute Gasteiger partial charge is 0.236 e. The highest BCUT2D eigenvalue weighted by Gasteiger charge is 2.38. The van der Waals surface area contributed by atoms with Crippen LogP contribution in [0, 0.1) is 0 Å². The van der Waals surface area contributed by atoms with Crippen LogP contribution >= 0.6 is 27.5 Å². The molecule has 2 nitrogen and oxygen atoms in total. The number of hydrogen-bond donors (Lipinski definition) is 0. The summed E-state index contributed by atoms with van der Waals surface area (Å²) in [6.07, 6.45) is 0.990. The molecule has 1 fully saturated rings. The lowest BCUT2D eigenvalue weighted by Gasteiger charge is -2.28. The predicted octanol–water partition coefficient (Wildman–Crippen LogP) is 5.31. The van der Waals surface area contributed by atoms with Crippen LogP contribution < -0.4 is 0 Å². The molecular weight excluding hydrogens is 338 g/mol. The molecule has 1 saturated carbocycles. The van der Waals surface area contributed by atoms with E-state index in [9.17, 15) is 8.78 Å². The molecule has 19 heavy (non-hydrogen) atoms. The van der Waals surface area contributed by atoms with Gasteiger partial charge in [-0.05, 0) is 34.7 Å². The van der Waals surface area contributed by atoms with E-state index in [1.165, 1.54) is 0 Å². The lowest BCUT2D eigenvalue weighted by Crippen LogP contribution is -2.26. The molecule has 0 amide bonds. The normalized spacial score (nSPS) is 22.8. The van der Waals surface area contributed by atoms with Gasteiger partial charge in [0.25, 0.3) is 0 Å². The van der Waals surface area contributed by atoms with E-state index in [0.717, 1.165) is 5.69 Å². The van der Waals surface area contributed by atoms with Crippen molar-refractivity contribution in [2.45, 2.75) is 57.3 Å². The van der Waals surface area contributed by atoms with Gasteiger partial charge in [0.15, 0.2) is 0 Å². The van der Waals surface area contributed by atoms with Gasteiger partial charge in [-0.25, -0.2) is 18.7 Å². The molecule has 1 heterocycles. The maximum absolute atomic E-state index is 13.5. The van der Waals surface area contributed by atoms with Gasteiger partial charge in [-0.1, -0.05) is 25.4 Å². The third kappa shape index (κ3) is 3.43. The van der Waals surface area contributed by atoms with Crippen molar-refractivity contribution in [3.8, 4) is 0 Å². The van der Waals surface area contributed by atoms with Crippen LogP contribution in [0.5, 0.6) is 0 Å². The molecule has 0 N–H and O–H groups in total. The molecule has 6 heteroatoms. The van der Waals surface area contributed by atoms with Crippen molar-refractivity contribution in [2.75, 3.05) is 0 Å². The molecule has 2 rings (SSSR count). The van der Waals surface area contributed by atoms with Crippen LogP contribution in [-0.2, 0) is 0 Å². The number of aromatic nitrogens is 2.